The van der Waals surface area contributed by atoms with Gasteiger partial charge in [-0.15, -0.1) is 0 Å². The van der Waals surface area contributed by atoms with Gasteiger partial charge in [-0.1, -0.05) is 45.0 Å². The van der Waals surface area contributed by atoms with Crippen molar-refractivity contribution in [3.63, 3.8) is 0 Å². The van der Waals surface area contributed by atoms with Crippen LogP contribution in [0.25, 0.3) is 11.1 Å². The van der Waals surface area contributed by atoms with Crippen molar-refractivity contribution in [3.05, 3.63) is 77.4 Å². The third-order valence-electron chi connectivity index (χ3n) is 6.48. The van der Waals surface area contributed by atoms with Gasteiger partial charge in [-0.3, -0.25) is 9.59 Å². The van der Waals surface area contributed by atoms with E-state index in [9.17, 15) is 19.8 Å². The lowest BCUT2D eigenvalue weighted by molar-refractivity contribution is -0.118. The molecule has 6 heteroatoms. The number of nitrogens with one attached hydrogen (secondary N) is 2. The molecule has 0 atom stereocenters. The number of rotatable bonds is 5. The fraction of sp³-hybridized carbons (Fsp3) is 0.286. The summed E-state index contributed by atoms with van der Waals surface area (Å²) in [6.45, 7) is 6.42. The Labute approximate surface area is 199 Å². The van der Waals surface area contributed by atoms with Gasteiger partial charge in [0.25, 0.3) is 5.91 Å². The van der Waals surface area contributed by atoms with Gasteiger partial charge in [-0.2, -0.15) is 0 Å². The molecular weight excluding hydrogens is 428 g/mol. The number of benzene rings is 3. The maximum atomic E-state index is 13.3. The van der Waals surface area contributed by atoms with Crippen LogP contribution in [0.4, 0.5) is 5.69 Å². The molecule has 4 rings (SSSR count). The minimum absolute atomic E-state index is 0.126. The fourth-order valence-electron chi connectivity index (χ4n) is 4.30. The number of carbonyl (C=O) groups is 2. The highest BCUT2D eigenvalue weighted by atomic mass is 16.3. The van der Waals surface area contributed by atoms with Gasteiger partial charge in [-0.05, 0) is 76.9 Å². The normalized spacial score (nSPS) is 14.4. The Morgan fingerprint density at radius 1 is 0.882 bits per heavy atom. The molecule has 6 nitrogen and oxygen atoms in total. The molecule has 0 saturated heterocycles. The van der Waals surface area contributed by atoms with Crippen LogP contribution in [0.2, 0.25) is 0 Å². The van der Waals surface area contributed by atoms with Crippen molar-refractivity contribution in [3.8, 4) is 22.6 Å². The Bertz CT molecular complexity index is 1250. The van der Waals surface area contributed by atoms with Gasteiger partial charge in [0.1, 0.15) is 0 Å². The van der Waals surface area contributed by atoms with Crippen LogP contribution in [0.15, 0.2) is 60.7 Å². The quantitative estimate of drug-likeness (QED) is 0.400. The van der Waals surface area contributed by atoms with E-state index in [2.05, 4.69) is 31.4 Å². The molecular formula is C28H30N2O4. The van der Waals surface area contributed by atoms with Crippen LogP contribution < -0.4 is 10.6 Å². The zero-order valence-electron chi connectivity index (χ0n) is 19.9. The Morgan fingerprint density at radius 2 is 1.56 bits per heavy atom. The summed E-state index contributed by atoms with van der Waals surface area (Å²) in [5.41, 5.74) is 4.19. The monoisotopic (exact) mass is 458 g/mol. The standard InChI is InChI=1S/C28H30N2O4/c1-27(2,3)22-11-10-20(16-21(22)17-5-7-18(8-6-17)25(33)29-4)30-26(34)28(13-14-28)19-9-12-23(31)24(32)15-19/h5-12,15-16,31-32H,13-14H2,1-4H3,(H,29,33)(H,30,34). The van der Waals surface area contributed by atoms with E-state index in [0.717, 1.165) is 16.7 Å². The second-order valence-electron chi connectivity index (χ2n) is 9.91. The molecule has 1 aliphatic carbocycles. The Balaban J connectivity index is 1.66. The van der Waals surface area contributed by atoms with E-state index >= 15 is 0 Å². The van der Waals surface area contributed by atoms with Gasteiger partial charge in [0, 0.05) is 18.3 Å². The third kappa shape index (κ3) is 4.36. The lowest BCUT2D eigenvalue weighted by Gasteiger charge is -2.24. The Morgan fingerprint density at radius 3 is 2.12 bits per heavy atom. The zero-order valence-corrected chi connectivity index (χ0v) is 19.9. The minimum atomic E-state index is -0.705. The van der Waals surface area contributed by atoms with Crippen molar-refractivity contribution in [2.45, 2.75) is 44.4 Å². The highest BCUT2D eigenvalue weighted by Gasteiger charge is 2.51. The first-order chi connectivity index (χ1) is 16.0. The Hall–Kier alpha value is -3.80. The minimum Gasteiger partial charge on any atom is -0.504 e. The second kappa shape index (κ2) is 8.52. The topological polar surface area (TPSA) is 98.7 Å². The van der Waals surface area contributed by atoms with E-state index in [1.807, 2.05) is 30.3 Å². The Kier molecular flexibility index (Phi) is 5.86. The molecule has 0 bridgehead atoms. The van der Waals surface area contributed by atoms with Crippen molar-refractivity contribution < 1.29 is 19.8 Å². The van der Waals surface area contributed by atoms with Crippen LogP contribution in [0, 0.1) is 0 Å². The van der Waals surface area contributed by atoms with Gasteiger partial charge in [0.2, 0.25) is 5.91 Å². The number of hydrogen-bond donors (Lipinski definition) is 4. The van der Waals surface area contributed by atoms with Crippen molar-refractivity contribution in [1.82, 2.24) is 5.32 Å². The molecule has 1 aliphatic rings. The number of amides is 2. The SMILES string of the molecule is CNC(=O)c1ccc(-c2cc(NC(=O)C3(c4ccc(O)c(O)c4)CC3)ccc2C(C)(C)C)cc1. The van der Waals surface area contributed by atoms with Crippen LogP contribution in [0.1, 0.15) is 55.1 Å². The van der Waals surface area contributed by atoms with Gasteiger partial charge in [0.05, 0.1) is 5.41 Å². The summed E-state index contributed by atoms with van der Waals surface area (Å²) < 4.78 is 0. The van der Waals surface area contributed by atoms with Crippen LogP contribution in [0.5, 0.6) is 11.5 Å². The first-order valence-electron chi connectivity index (χ1n) is 11.4. The average molecular weight is 459 g/mol. The van der Waals surface area contributed by atoms with Gasteiger partial charge in [0.15, 0.2) is 11.5 Å². The highest BCUT2D eigenvalue weighted by molar-refractivity contribution is 6.02. The molecule has 1 saturated carbocycles. The molecule has 0 unspecified atom stereocenters. The molecule has 1 fully saturated rings. The predicted octanol–water partition coefficient (Wildman–Crippen LogP) is 5.09. The average Bonchev–Trinajstić information content (AvgIpc) is 3.62. The molecule has 2 amide bonds. The van der Waals surface area contributed by atoms with Crippen molar-refractivity contribution in [1.29, 1.82) is 0 Å². The van der Waals surface area contributed by atoms with E-state index < -0.39 is 5.41 Å². The van der Waals surface area contributed by atoms with E-state index in [0.29, 0.717) is 29.7 Å². The summed E-state index contributed by atoms with van der Waals surface area (Å²) in [6.07, 6.45) is 1.36. The maximum Gasteiger partial charge on any atom is 0.251 e. The van der Waals surface area contributed by atoms with Crippen LogP contribution in [-0.2, 0) is 15.6 Å². The maximum absolute atomic E-state index is 13.3. The number of anilines is 1. The number of phenols is 2. The molecule has 34 heavy (non-hydrogen) atoms. The predicted molar refractivity (Wildman–Crippen MR) is 133 cm³/mol. The molecule has 176 valence electrons. The number of phenolic OH excluding ortho intramolecular Hbond substituents is 2. The first kappa shape index (κ1) is 23.4. The second-order valence-corrected chi connectivity index (χ2v) is 9.91. The van der Waals surface area contributed by atoms with Gasteiger partial charge in [-0.25, -0.2) is 0 Å². The number of aromatic hydroxyl groups is 2. The summed E-state index contributed by atoms with van der Waals surface area (Å²) in [7, 11) is 1.60. The van der Waals surface area contributed by atoms with Gasteiger partial charge >= 0.3 is 0 Å². The molecule has 0 heterocycles. The summed E-state index contributed by atoms with van der Waals surface area (Å²) in [5.74, 6) is -0.709. The molecule has 3 aromatic rings. The highest BCUT2D eigenvalue weighted by Crippen LogP contribution is 2.50. The third-order valence-corrected chi connectivity index (χ3v) is 6.48. The zero-order chi connectivity index (χ0) is 24.7. The lowest BCUT2D eigenvalue weighted by Crippen LogP contribution is -2.28. The summed E-state index contributed by atoms with van der Waals surface area (Å²) >= 11 is 0. The molecule has 3 aromatic carbocycles. The fourth-order valence-corrected chi connectivity index (χ4v) is 4.30. The number of carbonyl (C=O) groups excluding carboxylic acids is 2. The molecule has 0 radical (unpaired) electrons. The van der Waals surface area contributed by atoms with Crippen molar-refractivity contribution >= 4 is 17.5 Å². The summed E-state index contributed by atoms with van der Waals surface area (Å²) in [5, 5.41) is 25.2. The molecule has 0 aromatic heterocycles. The van der Waals surface area contributed by atoms with Crippen LogP contribution >= 0.6 is 0 Å². The lowest BCUT2D eigenvalue weighted by atomic mass is 9.81. The largest absolute Gasteiger partial charge is 0.504 e. The van der Waals surface area contributed by atoms with E-state index in [1.54, 1.807) is 25.2 Å². The smallest absolute Gasteiger partial charge is 0.251 e. The van der Waals surface area contributed by atoms with E-state index in [1.165, 1.54) is 12.1 Å². The molecule has 0 spiro atoms. The van der Waals surface area contributed by atoms with Crippen molar-refractivity contribution in [2.24, 2.45) is 0 Å². The molecule has 4 N–H and O–H groups in total. The van der Waals surface area contributed by atoms with Crippen LogP contribution in [0.3, 0.4) is 0 Å². The molecule has 0 aliphatic heterocycles. The summed E-state index contributed by atoms with van der Waals surface area (Å²) in [6, 6.07) is 17.9. The number of hydrogen-bond acceptors (Lipinski definition) is 4. The van der Waals surface area contributed by atoms with Crippen LogP contribution in [-0.4, -0.2) is 29.1 Å². The van der Waals surface area contributed by atoms with Gasteiger partial charge < -0.3 is 20.8 Å². The summed E-state index contributed by atoms with van der Waals surface area (Å²) in [4.78, 5) is 25.2. The van der Waals surface area contributed by atoms with E-state index in [4.69, 9.17) is 0 Å². The first-order valence-corrected chi connectivity index (χ1v) is 11.4. The van der Waals surface area contributed by atoms with Crippen molar-refractivity contribution in [2.75, 3.05) is 12.4 Å². The van der Waals surface area contributed by atoms with E-state index in [-0.39, 0.29) is 28.7 Å².